The minimum Gasteiger partial charge on any atom is -0.306 e. The van der Waals surface area contributed by atoms with Crippen molar-refractivity contribution in [3.63, 3.8) is 0 Å². The van der Waals surface area contributed by atoms with Crippen molar-refractivity contribution in [1.82, 2.24) is 19.7 Å². The van der Waals surface area contributed by atoms with Gasteiger partial charge in [0.1, 0.15) is 5.82 Å². The summed E-state index contributed by atoms with van der Waals surface area (Å²) in [5.74, 6) is 2.70. The Balaban J connectivity index is 1.44. The second-order valence-corrected chi connectivity index (χ2v) is 9.35. The van der Waals surface area contributed by atoms with Crippen LogP contribution in [0.25, 0.3) is 10.2 Å². The van der Waals surface area contributed by atoms with Crippen LogP contribution in [-0.2, 0) is 18.1 Å². The number of aryl methyl sites for hydroxylation is 1. The second-order valence-electron chi connectivity index (χ2n) is 6.16. The van der Waals surface area contributed by atoms with Gasteiger partial charge in [0.2, 0.25) is 0 Å². The van der Waals surface area contributed by atoms with E-state index in [0.717, 1.165) is 38.9 Å². The maximum atomic E-state index is 4.69. The van der Waals surface area contributed by atoms with Crippen molar-refractivity contribution >= 4 is 45.1 Å². The fraction of sp³-hybridized carbons (Fsp3) is 0.250. The Morgan fingerprint density at radius 2 is 1.89 bits per heavy atom. The molecule has 0 fully saturated rings. The van der Waals surface area contributed by atoms with E-state index in [1.807, 2.05) is 6.07 Å². The molecule has 4 rings (SSSR count). The summed E-state index contributed by atoms with van der Waals surface area (Å²) in [6.07, 6.45) is 0. The number of aromatic nitrogens is 4. The lowest BCUT2D eigenvalue weighted by Gasteiger charge is -2.07. The van der Waals surface area contributed by atoms with Crippen LogP contribution in [0.5, 0.6) is 0 Å². The SMILES string of the molecule is CCn1c(CSc2nc3ccccc3s2)nnc1SCc1cccc(C)c1. The summed E-state index contributed by atoms with van der Waals surface area (Å²) in [5.41, 5.74) is 3.67. The Bertz CT molecular complexity index is 1020. The molecule has 2 heterocycles. The summed E-state index contributed by atoms with van der Waals surface area (Å²) in [6, 6.07) is 16.9. The minimum absolute atomic E-state index is 0.783. The summed E-state index contributed by atoms with van der Waals surface area (Å²) in [5, 5.41) is 9.84. The number of hydrogen-bond acceptors (Lipinski definition) is 6. The Labute approximate surface area is 171 Å². The van der Waals surface area contributed by atoms with Crippen LogP contribution in [0.2, 0.25) is 0 Å². The van der Waals surface area contributed by atoms with Crippen molar-refractivity contribution in [2.75, 3.05) is 0 Å². The van der Waals surface area contributed by atoms with Gasteiger partial charge in [0.25, 0.3) is 0 Å². The number of para-hydroxylation sites is 1. The minimum atomic E-state index is 0.783. The molecule has 0 spiro atoms. The average Bonchev–Trinajstić information content (AvgIpc) is 3.27. The highest BCUT2D eigenvalue weighted by atomic mass is 32.2. The van der Waals surface area contributed by atoms with Crippen LogP contribution in [0.1, 0.15) is 23.9 Å². The molecule has 0 aliphatic rings. The summed E-state index contributed by atoms with van der Waals surface area (Å²) >= 11 is 5.22. The highest BCUT2D eigenvalue weighted by Crippen LogP contribution is 2.32. The van der Waals surface area contributed by atoms with Gasteiger partial charge in [-0.3, -0.25) is 0 Å². The largest absolute Gasteiger partial charge is 0.306 e. The van der Waals surface area contributed by atoms with E-state index in [2.05, 4.69) is 71.1 Å². The predicted octanol–water partition coefficient (Wildman–Crippen LogP) is 5.80. The highest BCUT2D eigenvalue weighted by molar-refractivity contribution is 8.00. The highest BCUT2D eigenvalue weighted by Gasteiger charge is 2.13. The van der Waals surface area contributed by atoms with E-state index in [1.54, 1.807) is 34.9 Å². The topological polar surface area (TPSA) is 43.6 Å². The molecule has 0 aliphatic heterocycles. The normalized spacial score (nSPS) is 11.3. The zero-order valence-electron chi connectivity index (χ0n) is 15.3. The third-order valence-corrected chi connectivity index (χ3v) is 7.37. The van der Waals surface area contributed by atoms with Gasteiger partial charge in [-0.05, 0) is 31.5 Å². The number of nitrogens with zero attached hydrogens (tertiary/aromatic N) is 4. The van der Waals surface area contributed by atoms with Gasteiger partial charge in [-0.25, -0.2) is 4.98 Å². The Morgan fingerprint density at radius 1 is 1.00 bits per heavy atom. The van der Waals surface area contributed by atoms with E-state index >= 15 is 0 Å². The quantitative estimate of drug-likeness (QED) is 0.359. The molecule has 0 saturated carbocycles. The molecule has 0 atom stereocenters. The lowest BCUT2D eigenvalue weighted by Crippen LogP contribution is -2.02. The van der Waals surface area contributed by atoms with Crippen molar-refractivity contribution in [3.8, 4) is 0 Å². The molecule has 0 amide bonds. The smallest absolute Gasteiger partial charge is 0.191 e. The van der Waals surface area contributed by atoms with E-state index in [-0.39, 0.29) is 0 Å². The first-order valence-corrected chi connectivity index (χ1v) is 11.6. The molecule has 0 N–H and O–H groups in total. The third kappa shape index (κ3) is 4.36. The van der Waals surface area contributed by atoms with Crippen molar-refractivity contribution in [2.24, 2.45) is 0 Å². The molecular formula is C20H20N4S3. The van der Waals surface area contributed by atoms with E-state index in [4.69, 9.17) is 4.98 Å². The summed E-state index contributed by atoms with van der Waals surface area (Å²) in [6.45, 7) is 5.14. The fourth-order valence-electron chi connectivity index (χ4n) is 2.84. The number of fused-ring (bicyclic) bond motifs is 1. The summed E-state index contributed by atoms with van der Waals surface area (Å²) in [4.78, 5) is 4.69. The molecule has 4 nitrogen and oxygen atoms in total. The lowest BCUT2D eigenvalue weighted by molar-refractivity contribution is 0.659. The number of thioether (sulfide) groups is 2. The van der Waals surface area contributed by atoms with Crippen LogP contribution in [0.3, 0.4) is 0 Å². The first kappa shape index (κ1) is 18.5. The maximum Gasteiger partial charge on any atom is 0.191 e. The fourth-order valence-corrected chi connectivity index (χ4v) is 5.81. The molecule has 2 aromatic heterocycles. The first-order valence-electron chi connectivity index (χ1n) is 8.81. The molecule has 0 unspecified atom stereocenters. The van der Waals surface area contributed by atoms with Gasteiger partial charge in [0, 0.05) is 12.3 Å². The van der Waals surface area contributed by atoms with Crippen molar-refractivity contribution in [2.45, 2.75) is 41.4 Å². The molecule has 138 valence electrons. The zero-order valence-corrected chi connectivity index (χ0v) is 17.7. The number of hydrogen-bond donors (Lipinski definition) is 0. The molecule has 4 aromatic rings. The Hall–Kier alpha value is -1.83. The van der Waals surface area contributed by atoms with Crippen LogP contribution in [0, 0.1) is 6.92 Å². The zero-order chi connectivity index (χ0) is 18.6. The average molecular weight is 413 g/mol. The van der Waals surface area contributed by atoms with Crippen LogP contribution >= 0.6 is 34.9 Å². The van der Waals surface area contributed by atoms with Gasteiger partial charge in [-0.15, -0.1) is 21.5 Å². The van der Waals surface area contributed by atoms with Gasteiger partial charge in [0.15, 0.2) is 9.50 Å². The predicted molar refractivity (Wildman–Crippen MR) is 116 cm³/mol. The Kier molecular flexibility index (Phi) is 5.80. The summed E-state index contributed by atoms with van der Waals surface area (Å²) in [7, 11) is 0. The summed E-state index contributed by atoms with van der Waals surface area (Å²) < 4.78 is 4.52. The van der Waals surface area contributed by atoms with Crippen LogP contribution in [0.15, 0.2) is 58.0 Å². The number of rotatable bonds is 7. The standard InChI is InChI=1S/C20H20N4S3/c1-3-24-18(13-26-20-21-16-9-4-5-10-17(16)27-20)22-23-19(24)25-12-15-8-6-7-14(2)11-15/h4-11H,3,12-13H2,1-2H3. The monoisotopic (exact) mass is 412 g/mol. The molecular weight excluding hydrogens is 392 g/mol. The van der Waals surface area contributed by atoms with Crippen LogP contribution in [-0.4, -0.2) is 19.7 Å². The third-order valence-electron chi connectivity index (χ3n) is 4.16. The van der Waals surface area contributed by atoms with E-state index in [0.29, 0.717) is 0 Å². The van der Waals surface area contributed by atoms with E-state index in [9.17, 15) is 0 Å². The van der Waals surface area contributed by atoms with Crippen LogP contribution in [0.4, 0.5) is 0 Å². The van der Waals surface area contributed by atoms with Gasteiger partial charge in [0.05, 0.1) is 16.0 Å². The van der Waals surface area contributed by atoms with Gasteiger partial charge < -0.3 is 4.57 Å². The molecule has 2 aromatic carbocycles. The van der Waals surface area contributed by atoms with Crippen molar-refractivity contribution in [1.29, 1.82) is 0 Å². The molecule has 0 saturated heterocycles. The molecule has 7 heteroatoms. The van der Waals surface area contributed by atoms with E-state index < -0.39 is 0 Å². The number of thiazole rings is 1. The lowest BCUT2D eigenvalue weighted by atomic mass is 10.2. The van der Waals surface area contributed by atoms with E-state index in [1.165, 1.54) is 15.8 Å². The van der Waals surface area contributed by atoms with Crippen LogP contribution < -0.4 is 0 Å². The molecule has 0 bridgehead atoms. The van der Waals surface area contributed by atoms with Gasteiger partial charge in [-0.2, -0.15) is 0 Å². The molecule has 0 aliphatic carbocycles. The van der Waals surface area contributed by atoms with Gasteiger partial charge >= 0.3 is 0 Å². The molecule has 27 heavy (non-hydrogen) atoms. The molecule has 0 radical (unpaired) electrons. The first-order chi connectivity index (χ1) is 13.2. The Morgan fingerprint density at radius 3 is 2.70 bits per heavy atom. The number of benzene rings is 2. The van der Waals surface area contributed by atoms with Crippen molar-refractivity contribution in [3.05, 3.63) is 65.5 Å². The second kappa shape index (κ2) is 8.46. The maximum absolute atomic E-state index is 4.69. The van der Waals surface area contributed by atoms with Gasteiger partial charge in [-0.1, -0.05) is 65.5 Å². The van der Waals surface area contributed by atoms with Crippen molar-refractivity contribution < 1.29 is 0 Å².